The van der Waals surface area contributed by atoms with Crippen LogP contribution in [-0.4, -0.2) is 51.2 Å². The van der Waals surface area contributed by atoms with E-state index in [2.05, 4.69) is 40.3 Å². The maximum Gasteiger partial charge on any atom is 0.244 e. The zero-order chi connectivity index (χ0) is 18.1. The van der Waals surface area contributed by atoms with Crippen molar-refractivity contribution in [3.8, 4) is 0 Å². The van der Waals surface area contributed by atoms with Crippen LogP contribution in [0, 0.1) is 12.8 Å². The third-order valence-electron chi connectivity index (χ3n) is 5.59. The van der Waals surface area contributed by atoms with Gasteiger partial charge in [-0.15, -0.1) is 0 Å². The second-order valence-corrected chi connectivity index (χ2v) is 7.98. The zero-order valence-electron chi connectivity index (χ0n) is 15.1. The average molecular weight is 373 g/mol. The van der Waals surface area contributed by atoms with Crippen molar-refractivity contribution in [2.45, 2.75) is 38.9 Å². The lowest BCUT2D eigenvalue weighted by Gasteiger charge is -2.36. The number of aryl methyl sites for hydroxylation is 1. The van der Waals surface area contributed by atoms with E-state index < -0.39 is 0 Å². The summed E-state index contributed by atoms with van der Waals surface area (Å²) in [5.74, 6) is 0.701. The Labute approximate surface area is 159 Å². The number of rotatable bonds is 4. The van der Waals surface area contributed by atoms with Gasteiger partial charge in [-0.1, -0.05) is 41.9 Å². The molecule has 0 radical (unpaired) electrons. The lowest BCUT2D eigenvalue weighted by molar-refractivity contribution is -0.132. The van der Waals surface area contributed by atoms with Gasteiger partial charge < -0.3 is 4.90 Å². The first-order chi connectivity index (χ1) is 12.6. The summed E-state index contributed by atoms with van der Waals surface area (Å²) in [6, 6.07) is 11.1. The SMILES string of the molecule is Cc1nn(CC(=O)N2C[C@@H]3CC[C@H](C2)N(Cc2ccccc2)C3)cc1Cl. The van der Waals surface area contributed by atoms with Crippen molar-refractivity contribution < 1.29 is 4.79 Å². The Balaban J connectivity index is 1.43. The molecule has 1 aromatic carbocycles. The van der Waals surface area contributed by atoms with Crippen LogP contribution >= 0.6 is 11.6 Å². The van der Waals surface area contributed by atoms with Gasteiger partial charge in [0.05, 0.1) is 10.7 Å². The Bertz CT molecular complexity index is 756. The highest BCUT2D eigenvalue weighted by molar-refractivity contribution is 6.31. The van der Waals surface area contributed by atoms with Gasteiger partial charge in [-0.05, 0) is 31.2 Å². The first-order valence-corrected chi connectivity index (χ1v) is 9.71. The molecule has 3 aliphatic rings. The number of halogens is 1. The van der Waals surface area contributed by atoms with Gasteiger partial charge in [0.1, 0.15) is 6.54 Å². The molecule has 3 saturated heterocycles. The van der Waals surface area contributed by atoms with E-state index in [1.165, 1.54) is 18.4 Å². The van der Waals surface area contributed by atoms with Crippen LogP contribution in [0.25, 0.3) is 0 Å². The number of nitrogens with zero attached hydrogens (tertiary/aromatic N) is 4. The molecule has 1 aromatic heterocycles. The molecule has 1 amide bonds. The zero-order valence-corrected chi connectivity index (χ0v) is 15.9. The molecular weight excluding hydrogens is 348 g/mol. The van der Waals surface area contributed by atoms with Gasteiger partial charge in [0, 0.05) is 38.4 Å². The molecule has 0 aliphatic carbocycles. The highest BCUT2D eigenvalue weighted by atomic mass is 35.5. The summed E-state index contributed by atoms with van der Waals surface area (Å²) in [5, 5.41) is 4.93. The summed E-state index contributed by atoms with van der Waals surface area (Å²) in [6.45, 7) is 5.85. The monoisotopic (exact) mass is 372 g/mol. The summed E-state index contributed by atoms with van der Waals surface area (Å²) in [7, 11) is 0. The third kappa shape index (κ3) is 3.79. The highest BCUT2D eigenvalue weighted by Crippen LogP contribution is 2.29. The molecule has 2 bridgehead atoms. The lowest BCUT2D eigenvalue weighted by Crippen LogP contribution is -2.44. The second-order valence-electron chi connectivity index (χ2n) is 7.57. The minimum atomic E-state index is 0.141. The number of hydrogen-bond acceptors (Lipinski definition) is 3. The van der Waals surface area contributed by atoms with Crippen LogP contribution in [0.5, 0.6) is 0 Å². The number of hydrogen-bond donors (Lipinski definition) is 0. The third-order valence-corrected chi connectivity index (χ3v) is 5.96. The van der Waals surface area contributed by atoms with Gasteiger partial charge in [-0.2, -0.15) is 5.10 Å². The second kappa shape index (κ2) is 7.41. The van der Waals surface area contributed by atoms with Crippen LogP contribution in [-0.2, 0) is 17.9 Å². The van der Waals surface area contributed by atoms with Crippen molar-refractivity contribution in [3.63, 3.8) is 0 Å². The summed E-state index contributed by atoms with van der Waals surface area (Å²) in [6.07, 6.45) is 4.13. The van der Waals surface area contributed by atoms with Crippen molar-refractivity contribution in [2.24, 2.45) is 5.92 Å². The van der Waals surface area contributed by atoms with Crippen LogP contribution < -0.4 is 0 Å². The largest absolute Gasteiger partial charge is 0.339 e. The molecule has 26 heavy (non-hydrogen) atoms. The van der Waals surface area contributed by atoms with Crippen molar-refractivity contribution in [1.29, 1.82) is 0 Å². The molecule has 5 rings (SSSR count). The number of benzene rings is 1. The van der Waals surface area contributed by atoms with E-state index in [4.69, 9.17) is 11.6 Å². The Hall–Kier alpha value is -1.85. The number of fused-ring (bicyclic) bond motifs is 4. The van der Waals surface area contributed by atoms with Crippen molar-refractivity contribution in [2.75, 3.05) is 19.6 Å². The molecule has 2 aromatic rings. The van der Waals surface area contributed by atoms with Crippen molar-refractivity contribution in [1.82, 2.24) is 19.6 Å². The summed E-state index contributed by atoms with van der Waals surface area (Å²) in [5.41, 5.74) is 2.11. The minimum absolute atomic E-state index is 0.141. The number of amides is 1. The van der Waals surface area contributed by atoms with Crippen LogP contribution in [0.4, 0.5) is 0 Å². The fraction of sp³-hybridized carbons (Fsp3) is 0.500. The molecule has 3 fully saturated rings. The average Bonchev–Trinajstić information content (AvgIpc) is 2.81. The van der Waals surface area contributed by atoms with Gasteiger partial charge in [0.25, 0.3) is 0 Å². The Kier molecular flexibility index (Phi) is 5.00. The van der Waals surface area contributed by atoms with Gasteiger partial charge in [-0.25, -0.2) is 0 Å². The molecule has 138 valence electrons. The van der Waals surface area contributed by atoms with E-state index in [-0.39, 0.29) is 12.5 Å². The van der Waals surface area contributed by atoms with Crippen LogP contribution in [0.15, 0.2) is 36.5 Å². The molecule has 0 N–H and O–H groups in total. The first kappa shape index (κ1) is 17.6. The Morgan fingerprint density at radius 3 is 2.73 bits per heavy atom. The maximum atomic E-state index is 12.8. The van der Waals surface area contributed by atoms with E-state index in [1.54, 1.807) is 10.9 Å². The standard InChI is InChI=1S/C20H25ClN4O/c1-15-19(21)13-25(22-15)14-20(26)24-11-17-7-8-18(12-24)23(10-17)9-16-5-3-2-4-6-16/h2-6,13,17-18H,7-12,14H2,1H3/t17-,18-/m1/s1. The fourth-order valence-electron chi connectivity index (χ4n) is 4.21. The smallest absolute Gasteiger partial charge is 0.244 e. The van der Waals surface area contributed by atoms with E-state index in [0.29, 0.717) is 17.0 Å². The normalized spacial score (nSPS) is 23.2. The van der Waals surface area contributed by atoms with Gasteiger partial charge in [0.2, 0.25) is 5.91 Å². The number of carbonyl (C=O) groups excluding carboxylic acids is 1. The predicted molar refractivity (Wildman–Crippen MR) is 102 cm³/mol. The van der Waals surface area contributed by atoms with Gasteiger partial charge in [0.15, 0.2) is 0 Å². The van der Waals surface area contributed by atoms with Crippen molar-refractivity contribution in [3.05, 3.63) is 52.8 Å². The molecule has 0 saturated carbocycles. The van der Waals surface area contributed by atoms with E-state index in [1.807, 2.05) is 11.8 Å². The summed E-state index contributed by atoms with van der Waals surface area (Å²) >= 11 is 6.06. The molecule has 2 atom stereocenters. The number of aromatic nitrogens is 2. The molecule has 0 spiro atoms. The quantitative estimate of drug-likeness (QED) is 0.828. The van der Waals surface area contributed by atoms with Crippen molar-refractivity contribution >= 4 is 17.5 Å². The fourth-order valence-corrected chi connectivity index (χ4v) is 4.36. The minimum Gasteiger partial charge on any atom is -0.339 e. The summed E-state index contributed by atoms with van der Waals surface area (Å²) < 4.78 is 1.66. The molecule has 3 aliphatic heterocycles. The van der Waals surface area contributed by atoms with Gasteiger partial charge >= 0.3 is 0 Å². The highest BCUT2D eigenvalue weighted by Gasteiger charge is 2.36. The van der Waals surface area contributed by atoms with Crippen LogP contribution in [0.1, 0.15) is 24.1 Å². The summed E-state index contributed by atoms with van der Waals surface area (Å²) in [4.78, 5) is 17.4. The van der Waals surface area contributed by atoms with E-state index in [9.17, 15) is 4.79 Å². The lowest BCUT2D eigenvalue weighted by atomic mass is 9.94. The maximum absolute atomic E-state index is 12.8. The number of carbonyl (C=O) groups is 1. The molecule has 0 unspecified atom stereocenters. The first-order valence-electron chi connectivity index (χ1n) is 9.34. The van der Waals surface area contributed by atoms with Crippen LogP contribution in [0.3, 0.4) is 0 Å². The van der Waals surface area contributed by atoms with Gasteiger partial charge in [-0.3, -0.25) is 14.4 Å². The van der Waals surface area contributed by atoms with E-state index in [0.717, 1.165) is 31.9 Å². The molecule has 5 nitrogen and oxygen atoms in total. The van der Waals surface area contributed by atoms with E-state index >= 15 is 0 Å². The topological polar surface area (TPSA) is 41.4 Å². The number of piperidine rings is 1. The Morgan fingerprint density at radius 1 is 1.19 bits per heavy atom. The molecule has 4 heterocycles. The predicted octanol–water partition coefficient (Wildman–Crippen LogP) is 2.97. The van der Waals surface area contributed by atoms with Crippen LogP contribution in [0.2, 0.25) is 5.02 Å². The molecule has 6 heteroatoms. The Morgan fingerprint density at radius 2 is 2.00 bits per heavy atom. The molecular formula is C20H25ClN4O.